The molecule has 2 heterocycles. The predicted molar refractivity (Wildman–Crippen MR) is 83.3 cm³/mol. The highest BCUT2D eigenvalue weighted by atomic mass is 15.4. The molecule has 0 unspecified atom stereocenters. The molecule has 7 heteroatoms. The summed E-state index contributed by atoms with van der Waals surface area (Å²) in [4.78, 5) is 15.1. The first-order chi connectivity index (χ1) is 9.95. The maximum absolute atomic E-state index is 5.83. The minimum absolute atomic E-state index is 0.211. The lowest BCUT2D eigenvalue weighted by Gasteiger charge is -2.26. The molecular weight excluding hydrogens is 266 g/mol. The first kappa shape index (κ1) is 15.2. The van der Waals surface area contributed by atoms with E-state index in [1.807, 2.05) is 6.07 Å². The summed E-state index contributed by atoms with van der Waals surface area (Å²) >= 11 is 0. The molecule has 114 valence electrons. The Morgan fingerprint density at radius 2 is 1.76 bits per heavy atom. The number of nitrogens with two attached hydrogens (primary N) is 1. The van der Waals surface area contributed by atoms with E-state index < -0.39 is 0 Å². The topological polar surface area (TPSA) is 85.8 Å². The van der Waals surface area contributed by atoms with Crippen molar-refractivity contribution < 1.29 is 0 Å². The Labute approximate surface area is 125 Å². The van der Waals surface area contributed by atoms with Crippen LogP contribution in [0.4, 0.5) is 11.9 Å². The lowest BCUT2D eigenvalue weighted by molar-refractivity contribution is 0.542. The van der Waals surface area contributed by atoms with Crippen molar-refractivity contribution >= 4 is 11.9 Å². The Morgan fingerprint density at radius 3 is 2.29 bits per heavy atom. The highest BCUT2D eigenvalue weighted by Crippen LogP contribution is 2.15. The lowest BCUT2D eigenvalue weighted by atomic mass is 10.1. The van der Waals surface area contributed by atoms with Crippen molar-refractivity contribution in [3.05, 3.63) is 18.5 Å². The SMILES string of the molecule is CC(C)CN(CC(C)C)c1nc(N)nc(-n2cccn2)n1. The maximum atomic E-state index is 5.83. The molecule has 0 fully saturated rings. The van der Waals surface area contributed by atoms with Gasteiger partial charge >= 0.3 is 0 Å². The molecule has 2 aromatic rings. The summed E-state index contributed by atoms with van der Waals surface area (Å²) in [7, 11) is 0. The van der Waals surface area contributed by atoms with Gasteiger partial charge in [0.05, 0.1) is 0 Å². The molecule has 0 aliphatic heterocycles. The second-order valence-corrected chi connectivity index (χ2v) is 5.94. The van der Waals surface area contributed by atoms with Crippen LogP contribution in [0.1, 0.15) is 27.7 Å². The molecule has 21 heavy (non-hydrogen) atoms. The fraction of sp³-hybridized carbons (Fsp3) is 0.571. The van der Waals surface area contributed by atoms with E-state index in [1.165, 1.54) is 0 Å². The van der Waals surface area contributed by atoms with Crippen LogP contribution in [-0.4, -0.2) is 37.8 Å². The number of hydrogen-bond acceptors (Lipinski definition) is 6. The number of rotatable bonds is 6. The lowest BCUT2D eigenvalue weighted by Crippen LogP contribution is -2.33. The van der Waals surface area contributed by atoms with Gasteiger partial charge in [-0.25, -0.2) is 4.68 Å². The highest BCUT2D eigenvalue weighted by Gasteiger charge is 2.16. The molecule has 7 nitrogen and oxygen atoms in total. The molecule has 0 amide bonds. The Hall–Kier alpha value is -2.18. The third-order valence-corrected chi connectivity index (χ3v) is 2.79. The second kappa shape index (κ2) is 6.51. The third-order valence-electron chi connectivity index (χ3n) is 2.79. The van der Waals surface area contributed by atoms with Crippen molar-refractivity contribution in [3.63, 3.8) is 0 Å². The number of nitrogens with zero attached hydrogens (tertiary/aromatic N) is 6. The van der Waals surface area contributed by atoms with Crippen LogP contribution in [0.15, 0.2) is 18.5 Å². The zero-order valence-corrected chi connectivity index (χ0v) is 13.1. The monoisotopic (exact) mass is 289 g/mol. The summed E-state index contributed by atoms with van der Waals surface area (Å²) in [5, 5.41) is 4.14. The van der Waals surface area contributed by atoms with E-state index in [2.05, 4.69) is 52.6 Å². The van der Waals surface area contributed by atoms with Crippen LogP contribution in [-0.2, 0) is 0 Å². The molecule has 2 aromatic heterocycles. The van der Waals surface area contributed by atoms with E-state index in [-0.39, 0.29) is 5.95 Å². The van der Waals surface area contributed by atoms with Crippen LogP contribution >= 0.6 is 0 Å². The standard InChI is InChI=1S/C14H23N7/c1-10(2)8-20(9-11(3)4)13-17-12(15)18-14(19-13)21-7-5-6-16-21/h5-7,10-11H,8-9H2,1-4H3,(H2,15,17,18,19). The summed E-state index contributed by atoms with van der Waals surface area (Å²) in [6, 6.07) is 1.82. The Kier molecular flexibility index (Phi) is 4.72. The van der Waals surface area contributed by atoms with Crippen molar-refractivity contribution in [2.45, 2.75) is 27.7 Å². The number of aromatic nitrogens is 5. The fourth-order valence-electron chi connectivity index (χ4n) is 2.12. The zero-order valence-electron chi connectivity index (χ0n) is 13.1. The van der Waals surface area contributed by atoms with Gasteiger partial charge in [-0.1, -0.05) is 27.7 Å². The number of anilines is 2. The van der Waals surface area contributed by atoms with Gasteiger partial charge in [0.15, 0.2) is 0 Å². The van der Waals surface area contributed by atoms with Crippen molar-refractivity contribution in [2.24, 2.45) is 11.8 Å². The normalized spacial score (nSPS) is 11.3. The summed E-state index contributed by atoms with van der Waals surface area (Å²) in [5.74, 6) is 2.28. The smallest absolute Gasteiger partial charge is 0.257 e. The van der Waals surface area contributed by atoms with Gasteiger partial charge in [0.1, 0.15) is 0 Å². The summed E-state index contributed by atoms with van der Waals surface area (Å²) in [5.41, 5.74) is 5.83. The molecule has 0 aliphatic rings. The van der Waals surface area contributed by atoms with E-state index in [0.29, 0.717) is 23.7 Å². The number of hydrogen-bond donors (Lipinski definition) is 1. The average Bonchev–Trinajstić information content (AvgIpc) is 2.90. The minimum atomic E-state index is 0.211. The van der Waals surface area contributed by atoms with Gasteiger partial charge in [0.25, 0.3) is 5.95 Å². The Balaban J connectivity index is 2.35. The number of nitrogen functional groups attached to an aromatic ring is 1. The van der Waals surface area contributed by atoms with Crippen molar-refractivity contribution in [1.29, 1.82) is 0 Å². The average molecular weight is 289 g/mol. The summed E-state index contributed by atoms with van der Waals surface area (Å²) in [6.07, 6.45) is 3.47. The maximum Gasteiger partial charge on any atom is 0.257 e. The van der Waals surface area contributed by atoms with Gasteiger partial charge in [-0.2, -0.15) is 20.1 Å². The molecule has 2 N–H and O–H groups in total. The van der Waals surface area contributed by atoms with Crippen LogP contribution in [0.25, 0.3) is 5.95 Å². The van der Waals surface area contributed by atoms with Crippen molar-refractivity contribution in [3.8, 4) is 5.95 Å². The van der Waals surface area contributed by atoms with Gasteiger partial charge in [0, 0.05) is 25.5 Å². The molecule has 0 saturated heterocycles. The molecule has 0 bridgehead atoms. The van der Waals surface area contributed by atoms with E-state index in [9.17, 15) is 0 Å². The highest BCUT2D eigenvalue weighted by molar-refractivity contribution is 5.37. The second-order valence-electron chi connectivity index (χ2n) is 5.94. The summed E-state index contributed by atoms with van der Waals surface area (Å²) in [6.45, 7) is 10.4. The largest absolute Gasteiger partial charge is 0.368 e. The zero-order chi connectivity index (χ0) is 15.4. The minimum Gasteiger partial charge on any atom is -0.368 e. The van der Waals surface area contributed by atoms with Crippen molar-refractivity contribution in [1.82, 2.24) is 24.7 Å². The Morgan fingerprint density at radius 1 is 1.10 bits per heavy atom. The predicted octanol–water partition coefficient (Wildman–Crippen LogP) is 1.76. The molecule has 0 saturated carbocycles. The van der Waals surface area contributed by atoms with Crippen LogP contribution in [0.5, 0.6) is 0 Å². The Bertz CT molecular complexity index is 553. The molecule has 0 atom stereocenters. The molecule has 0 radical (unpaired) electrons. The first-order valence-corrected chi connectivity index (χ1v) is 7.22. The van der Waals surface area contributed by atoms with E-state index in [4.69, 9.17) is 5.73 Å². The van der Waals surface area contributed by atoms with Crippen LogP contribution in [0.2, 0.25) is 0 Å². The van der Waals surface area contributed by atoms with E-state index in [0.717, 1.165) is 13.1 Å². The van der Waals surface area contributed by atoms with Gasteiger partial charge < -0.3 is 10.6 Å². The van der Waals surface area contributed by atoms with Gasteiger partial charge in [-0.05, 0) is 17.9 Å². The molecule has 2 rings (SSSR count). The van der Waals surface area contributed by atoms with E-state index >= 15 is 0 Å². The first-order valence-electron chi connectivity index (χ1n) is 7.22. The van der Waals surface area contributed by atoms with Gasteiger partial charge in [-0.3, -0.25) is 0 Å². The molecular formula is C14H23N7. The molecule has 0 aliphatic carbocycles. The molecule has 0 aromatic carbocycles. The quantitative estimate of drug-likeness (QED) is 0.872. The van der Waals surface area contributed by atoms with E-state index in [1.54, 1.807) is 17.1 Å². The van der Waals surface area contributed by atoms with Crippen LogP contribution in [0.3, 0.4) is 0 Å². The third kappa shape index (κ3) is 4.14. The van der Waals surface area contributed by atoms with Gasteiger partial charge in [0.2, 0.25) is 11.9 Å². The fourth-order valence-corrected chi connectivity index (χ4v) is 2.12. The van der Waals surface area contributed by atoms with Crippen LogP contribution < -0.4 is 10.6 Å². The van der Waals surface area contributed by atoms with Gasteiger partial charge in [-0.15, -0.1) is 0 Å². The van der Waals surface area contributed by atoms with Crippen LogP contribution in [0, 0.1) is 11.8 Å². The summed E-state index contributed by atoms with van der Waals surface area (Å²) < 4.78 is 1.59. The van der Waals surface area contributed by atoms with Crippen molar-refractivity contribution in [2.75, 3.05) is 23.7 Å². The molecule has 0 spiro atoms.